The first-order chi connectivity index (χ1) is 7.48. The predicted molar refractivity (Wildman–Crippen MR) is 45.8 cm³/mol. The smallest absolute Gasteiger partial charge is 0.453 e. The van der Waals surface area contributed by atoms with Crippen LogP contribution in [0.4, 0.5) is 13.2 Å². The van der Waals surface area contributed by atoms with Gasteiger partial charge in [0.15, 0.2) is 0 Å². The highest BCUT2D eigenvalue weighted by molar-refractivity contribution is 5.38. The summed E-state index contributed by atoms with van der Waals surface area (Å²) in [5.41, 5.74) is 0.0392. The van der Waals surface area contributed by atoms with Crippen LogP contribution in [0.2, 0.25) is 0 Å². The van der Waals surface area contributed by atoms with Gasteiger partial charge in [-0.15, -0.1) is 5.10 Å². The van der Waals surface area contributed by atoms with Crippen molar-refractivity contribution in [1.29, 1.82) is 0 Å². The number of hydrogen-bond donors (Lipinski definition) is 1. The van der Waals surface area contributed by atoms with Crippen molar-refractivity contribution in [2.24, 2.45) is 0 Å². The minimum atomic E-state index is -4.64. The maximum atomic E-state index is 12.4. The van der Waals surface area contributed by atoms with Crippen LogP contribution in [0.25, 0.3) is 5.69 Å². The van der Waals surface area contributed by atoms with Gasteiger partial charge in [-0.2, -0.15) is 17.9 Å². The van der Waals surface area contributed by atoms with E-state index in [-0.39, 0.29) is 11.4 Å². The summed E-state index contributed by atoms with van der Waals surface area (Å²) in [7, 11) is 0. The fourth-order valence-electron chi connectivity index (χ4n) is 1.16. The molecule has 1 aromatic heterocycles. The third kappa shape index (κ3) is 1.81. The van der Waals surface area contributed by atoms with Gasteiger partial charge < -0.3 is 5.11 Å². The lowest BCUT2D eigenvalue weighted by Gasteiger charge is -2.06. The van der Waals surface area contributed by atoms with Crippen LogP contribution in [-0.2, 0) is 6.18 Å². The Morgan fingerprint density at radius 1 is 1.25 bits per heavy atom. The largest absolute Gasteiger partial charge is 0.508 e. The van der Waals surface area contributed by atoms with Crippen LogP contribution in [0.5, 0.6) is 5.75 Å². The molecule has 1 heterocycles. The molecule has 8 heteroatoms. The van der Waals surface area contributed by atoms with Gasteiger partial charge >= 0.3 is 6.18 Å². The number of alkyl halides is 3. The van der Waals surface area contributed by atoms with Crippen molar-refractivity contribution in [3.63, 3.8) is 0 Å². The maximum absolute atomic E-state index is 12.4. The topological polar surface area (TPSA) is 63.8 Å². The second kappa shape index (κ2) is 3.47. The van der Waals surface area contributed by atoms with E-state index in [0.29, 0.717) is 4.68 Å². The van der Waals surface area contributed by atoms with Crippen LogP contribution in [-0.4, -0.2) is 25.3 Å². The van der Waals surface area contributed by atoms with E-state index in [9.17, 15) is 13.2 Å². The Balaban J connectivity index is 2.53. The highest BCUT2D eigenvalue weighted by Gasteiger charge is 2.38. The molecule has 0 radical (unpaired) electrons. The molecule has 16 heavy (non-hydrogen) atoms. The Labute approximate surface area is 87.1 Å². The molecule has 0 unspecified atom stereocenters. The molecule has 5 nitrogen and oxygen atoms in total. The molecule has 0 aliphatic heterocycles. The van der Waals surface area contributed by atoms with Crippen LogP contribution >= 0.6 is 0 Å². The first-order valence-corrected chi connectivity index (χ1v) is 4.13. The summed E-state index contributed by atoms with van der Waals surface area (Å²) in [6.45, 7) is 0. The number of hydrogen-bond acceptors (Lipinski definition) is 4. The summed E-state index contributed by atoms with van der Waals surface area (Å²) < 4.78 is 37.8. The maximum Gasteiger partial charge on any atom is 0.453 e. The molecule has 1 aromatic carbocycles. The molecule has 0 aliphatic carbocycles. The molecular weight excluding hydrogens is 225 g/mol. The summed E-state index contributed by atoms with van der Waals surface area (Å²) in [5, 5.41) is 18.2. The zero-order chi connectivity index (χ0) is 11.8. The molecule has 2 aromatic rings. The normalized spacial score (nSPS) is 11.7. The summed E-state index contributed by atoms with van der Waals surface area (Å²) in [6.07, 6.45) is -4.64. The number of tetrazole rings is 1. The quantitative estimate of drug-likeness (QED) is 0.803. The number of phenolic OH excluding ortho intramolecular Hbond substituents is 1. The van der Waals surface area contributed by atoms with E-state index in [1.807, 2.05) is 0 Å². The number of phenols is 1. The molecule has 84 valence electrons. The van der Waals surface area contributed by atoms with Crippen LogP contribution in [0.3, 0.4) is 0 Å². The van der Waals surface area contributed by atoms with E-state index in [1.165, 1.54) is 18.2 Å². The van der Waals surface area contributed by atoms with Gasteiger partial charge in [-0.25, -0.2) is 0 Å². The van der Waals surface area contributed by atoms with Crippen molar-refractivity contribution in [2.75, 3.05) is 0 Å². The summed E-state index contributed by atoms with van der Waals surface area (Å²) >= 11 is 0. The van der Waals surface area contributed by atoms with Crippen molar-refractivity contribution in [2.45, 2.75) is 6.18 Å². The van der Waals surface area contributed by atoms with Crippen molar-refractivity contribution in [1.82, 2.24) is 20.2 Å². The molecular formula is C8H5F3N4O. The minimum absolute atomic E-state index is 0.0392. The number of rotatable bonds is 1. The molecule has 1 N–H and O–H groups in total. The monoisotopic (exact) mass is 230 g/mol. The number of nitrogens with zero attached hydrogens (tertiary/aromatic N) is 4. The second-order valence-corrected chi connectivity index (χ2v) is 2.93. The lowest BCUT2D eigenvalue weighted by molar-refractivity contribution is -0.146. The number of benzene rings is 1. The minimum Gasteiger partial charge on any atom is -0.508 e. The fourth-order valence-corrected chi connectivity index (χ4v) is 1.16. The van der Waals surface area contributed by atoms with Crippen molar-refractivity contribution in [3.05, 3.63) is 30.1 Å². The molecule has 0 atom stereocenters. The van der Waals surface area contributed by atoms with E-state index in [2.05, 4.69) is 15.5 Å². The second-order valence-electron chi connectivity index (χ2n) is 2.93. The van der Waals surface area contributed by atoms with E-state index >= 15 is 0 Å². The van der Waals surface area contributed by atoms with Crippen LogP contribution in [0.15, 0.2) is 24.3 Å². The van der Waals surface area contributed by atoms with Gasteiger partial charge in [0.05, 0.1) is 5.69 Å². The van der Waals surface area contributed by atoms with Gasteiger partial charge in [-0.3, -0.25) is 0 Å². The Morgan fingerprint density at radius 2 is 2.00 bits per heavy atom. The first-order valence-electron chi connectivity index (χ1n) is 4.13. The average molecular weight is 230 g/mol. The van der Waals surface area contributed by atoms with Gasteiger partial charge in [-0.05, 0) is 22.6 Å². The summed E-state index contributed by atoms with van der Waals surface area (Å²) in [4.78, 5) is 0. The van der Waals surface area contributed by atoms with Gasteiger partial charge in [0, 0.05) is 6.07 Å². The highest BCUT2D eigenvalue weighted by Crippen LogP contribution is 2.28. The fraction of sp³-hybridized carbons (Fsp3) is 0.125. The number of aromatic hydroxyl groups is 1. The van der Waals surface area contributed by atoms with Crippen molar-refractivity contribution in [3.8, 4) is 11.4 Å². The first kappa shape index (κ1) is 10.4. The Kier molecular flexibility index (Phi) is 2.26. The number of halogens is 3. The van der Waals surface area contributed by atoms with E-state index in [4.69, 9.17) is 5.11 Å². The summed E-state index contributed by atoms with van der Waals surface area (Å²) in [6, 6.07) is 5.21. The van der Waals surface area contributed by atoms with Crippen LogP contribution in [0, 0.1) is 0 Å². The number of aromatic nitrogens is 4. The van der Waals surface area contributed by atoms with Gasteiger partial charge in [0.25, 0.3) is 5.82 Å². The zero-order valence-corrected chi connectivity index (χ0v) is 7.68. The van der Waals surface area contributed by atoms with Gasteiger partial charge in [-0.1, -0.05) is 6.07 Å². The Hall–Kier alpha value is -2.12. The third-order valence-corrected chi connectivity index (χ3v) is 1.80. The SMILES string of the molecule is Oc1cccc(-n2nnnc2C(F)(F)F)c1. The molecule has 0 amide bonds. The van der Waals surface area contributed by atoms with E-state index < -0.39 is 12.0 Å². The van der Waals surface area contributed by atoms with E-state index in [1.54, 1.807) is 0 Å². The summed E-state index contributed by atoms with van der Waals surface area (Å²) in [5.74, 6) is -1.40. The molecule has 2 rings (SSSR count). The molecule has 0 aliphatic rings. The lowest BCUT2D eigenvalue weighted by Crippen LogP contribution is -2.14. The van der Waals surface area contributed by atoms with Crippen molar-refractivity contribution < 1.29 is 18.3 Å². The molecule has 0 bridgehead atoms. The van der Waals surface area contributed by atoms with Gasteiger partial charge in [0.2, 0.25) is 0 Å². The standard InChI is InChI=1S/C8H5F3N4O/c9-8(10,11)7-12-13-14-15(7)5-2-1-3-6(16)4-5/h1-4,16H. The Bertz CT molecular complexity index is 508. The van der Waals surface area contributed by atoms with Crippen LogP contribution < -0.4 is 0 Å². The highest BCUT2D eigenvalue weighted by atomic mass is 19.4. The lowest BCUT2D eigenvalue weighted by atomic mass is 10.3. The van der Waals surface area contributed by atoms with E-state index in [0.717, 1.165) is 6.07 Å². The zero-order valence-electron chi connectivity index (χ0n) is 7.68. The molecule has 0 saturated carbocycles. The Morgan fingerprint density at radius 3 is 2.62 bits per heavy atom. The third-order valence-electron chi connectivity index (χ3n) is 1.80. The molecule has 0 spiro atoms. The van der Waals surface area contributed by atoms with Crippen LogP contribution in [0.1, 0.15) is 5.82 Å². The molecule has 0 fully saturated rings. The molecule has 0 saturated heterocycles. The predicted octanol–water partition coefficient (Wildman–Crippen LogP) is 1.39. The van der Waals surface area contributed by atoms with Gasteiger partial charge in [0.1, 0.15) is 5.75 Å². The van der Waals surface area contributed by atoms with Crippen molar-refractivity contribution >= 4 is 0 Å². The average Bonchev–Trinajstić information content (AvgIpc) is 2.65.